The monoisotopic (exact) mass is 509 g/mol. The first-order valence-corrected chi connectivity index (χ1v) is 11.8. The predicted molar refractivity (Wildman–Crippen MR) is 131 cm³/mol. The van der Waals surface area contributed by atoms with Crippen LogP contribution in [0.3, 0.4) is 0 Å². The zero-order valence-electron chi connectivity index (χ0n) is 19.3. The van der Waals surface area contributed by atoms with E-state index in [-0.39, 0.29) is 17.8 Å². The lowest BCUT2D eigenvalue weighted by molar-refractivity contribution is -0.140. The molecule has 0 aromatic heterocycles. The SMILES string of the molecule is COc1ccc([C@H]2C(C(=O)OCc3ccccc3)=C(C)NC3=C2C(=O)CC(C)(C)C3)cc1Br. The normalized spacial score (nSPS) is 19.7. The Morgan fingerprint density at radius 3 is 2.55 bits per heavy atom. The Bertz CT molecular complexity index is 1160. The van der Waals surface area contributed by atoms with Gasteiger partial charge in [-0.15, -0.1) is 0 Å². The molecule has 2 aromatic rings. The van der Waals surface area contributed by atoms with Crippen LogP contribution in [0.1, 0.15) is 50.7 Å². The van der Waals surface area contributed by atoms with Gasteiger partial charge in [0.2, 0.25) is 0 Å². The van der Waals surface area contributed by atoms with Crippen LogP contribution in [-0.4, -0.2) is 18.9 Å². The fraction of sp³-hybridized carbons (Fsp3) is 0.333. The average molecular weight is 510 g/mol. The Hall–Kier alpha value is -2.86. The Labute approximate surface area is 203 Å². The molecule has 0 bridgehead atoms. The Morgan fingerprint density at radius 1 is 1.15 bits per heavy atom. The molecule has 172 valence electrons. The number of carbonyl (C=O) groups excluding carboxylic acids is 2. The minimum absolute atomic E-state index is 0.0616. The predicted octanol–water partition coefficient (Wildman–Crippen LogP) is 5.81. The second-order valence-electron chi connectivity index (χ2n) is 9.39. The highest BCUT2D eigenvalue weighted by molar-refractivity contribution is 9.10. The summed E-state index contributed by atoms with van der Waals surface area (Å²) in [6.45, 7) is 6.24. The zero-order chi connectivity index (χ0) is 23.8. The molecule has 1 aliphatic heterocycles. The molecule has 33 heavy (non-hydrogen) atoms. The van der Waals surface area contributed by atoms with Crippen LogP contribution in [0.25, 0.3) is 0 Å². The molecule has 0 spiro atoms. The number of carbonyl (C=O) groups is 2. The summed E-state index contributed by atoms with van der Waals surface area (Å²) >= 11 is 3.55. The number of ether oxygens (including phenoxy) is 2. The highest BCUT2D eigenvalue weighted by Gasteiger charge is 2.43. The standard InChI is InChI=1S/C27H28BrNO4/c1-16-23(26(31)33-15-17-8-6-5-7-9-17)24(18-10-11-22(32-4)19(28)12-18)25-20(29-16)13-27(2,3)14-21(25)30/h5-12,24,29H,13-15H2,1-4H3/t24-/m0/s1. The van der Waals surface area contributed by atoms with Gasteiger partial charge in [0.15, 0.2) is 5.78 Å². The van der Waals surface area contributed by atoms with Crippen molar-refractivity contribution in [1.29, 1.82) is 0 Å². The summed E-state index contributed by atoms with van der Waals surface area (Å²) in [6, 6.07) is 15.3. The molecule has 0 amide bonds. The molecule has 1 atom stereocenters. The lowest BCUT2D eigenvalue weighted by Gasteiger charge is -2.39. The number of Topliss-reactive ketones (excluding diaryl/α,β-unsaturated/α-hetero) is 1. The van der Waals surface area contributed by atoms with Gasteiger partial charge in [0, 0.05) is 29.3 Å². The Kier molecular flexibility index (Phi) is 6.48. The third-order valence-corrected chi connectivity index (χ3v) is 6.80. The number of halogens is 1. The number of allylic oxidation sites excluding steroid dienone is 3. The van der Waals surface area contributed by atoms with Crippen molar-refractivity contribution in [3.8, 4) is 5.75 Å². The van der Waals surface area contributed by atoms with Crippen molar-refractivity contribution >= 4 is 27.7 Å². The number of hydrogen-bond donors (Lipinski definition) is 1. The lowest BCUT2D eigenvalue weighted by Crippen LogP contribution is -2.38. The Morgan fingerprint density at radius 2 is 1.88 bits per heavy atom. The largest absolute Gasteiger partial charge is 0.496 e. The number of hydrogen-bond acceptors (Lipinski definition) is 5. The van der Waals surface area contributed by atoms with E-state index in [9.17, 15) is 9.59 Å². The van der Waals surface area contributed by atoms with E-state index in [4.69, 9.17) is 9.47 Å². The van der Waals surface area contributed by atoms with Crippen LogP contribution in [0.4, 0.5) is 0 Å². The van der Waals surface area contributed by atoms with Gasteiger partial charge in [0.25, 0.3) is 0 Å². The van der Waals surface area contributed by atoms with E-state index < -0.39 is 11.9 Å². The van der Waals surface area contributed by atoms with Crippen LogP contribution in [0, 0.1) is 5.41 Å². The van der Waals surface area contributed by atoms with E-state index in [0.717, 1.165) is 27.7 Å². The van der Waals surface area contributed by atoms with Gasteiger partial charge in [0.05, 0.1) is 17.2 Å². The molecule has 0 unspecified atom stereocenters. The summed E-state index contributed by atoms with van der Waals surface area (Å²) in [6.07, 6.45) is 1.18. The summed E-state index contributed by atoms with van der Waals surface area (Å²) in [5.41, 5.74) is 4.35. The van der Waals surface area contributed by atoms with Crippen LogP contribution in [0.5, 0.6) is 5.75 Å². The third kappa shape index (κ3) is 4.76. The molecule has 0 saturated heterocycles. The van der Waals surface area contributed by atoms with Crippen LogP contribution in [0.2, 0.25) is 0 Å². The molecule has 1 heterocycles. The summed E-state index contributed by atoms with van der Waals surface area (Å²) in [7, 11) is 1.61. The van der Waals surface area contributed by atoms with Crippen LogP contribution in [0.15, 0.2) is 75.5 Å². The van der Waals surface area contributed by atoms with Crippen molar-refractivity contribution in [2.45, 2.75) is 46.1 Å². The molecule has 1 N–H and O–H groups in total. The highest BCUT2D eigenvalue weighted by Crippen LogP contribution is 2.47. The van der Waals surface area contributed by atoms with Crippen molar-refractivity contribution in [3.05, 3.63) is 86.7 Å². The Balaban J connectivity index is 1.76. The van der Waals surface area contributed by atoms with Gasteiger partial charge < -0.3 is 14.8 Å². The molecule has 0 radical (unpaired) electrons. The highest BCUT2D eigenvalue weighted by atomic mass is 79.9. The maximum Gasteiger partial charge on any atom is 0.337 e. The van der Waals surface area contributed by atoms with Crippen molar-refractivity contribution in [2.24, 2.45) is 5.41 Å². The van der Waals surface area contributed by atoms with E-state index in [2.05, 4.69) is 35.1 Å². The molecule has 6 heteroatoms. The molecule has 0 fully saturated rings. The molecular formula is C27H28BrNO4. The molecule has 4 rings (SSSR count). The summed E-state index contributed by atoms with van der Waals surface area (Å²) < 4.78 is 11.9. The van der Waals surface area contributed by atoms with Gasteiger partial charge in [-0.3, -0.25) is 4.79 Å². The summed E-state index contributed by atoms with van der Waals surface area (Å²) in [4.78, 5) is 26.8. The molecule has 5 nitrogen and oxygen atoms in total. The number of methoxy groups -OCH3 is 1. The van der Waals surface area contributed by atoms with E-state index in [0.29, 0.717) is 29.0 Å². The topological polar surface area (TPSA) is 64.6 Å². The first-order valence-electron chi connectivity index (χ1n) is 11.0. The first-order chi connectivity index (χ1) is 15.7. The molecule has 0 saturated carbocycles. The van der Waals surface area contributed by atoms with Crippen molar-refractivity contribution in [1.82, 2.24) is 5.32 Å². The van der Waals surface area contributed by atoms with E-state index in [1.165, 1.54) is 0 Å². The maximum atomic E-state index is 13.4. The number of nitrogens with one attached hydrogen (secondary N) is 1. The summed E-state index contributed by atoms with van der Waals surface area (Å²) in [5.74, 6) is -0.182. The zero-order valence-corrected chi connectivity index (χ0v) is 20.9. The van der Waals surface area contributed by atoms with Crippen molar-refractivity contribution in [2.75, 3.05) is 7.11 Å². The quantitative estimate of drug-likeness (QED) is 0.515. The second-order valence-corrected chi connectivity index (χ2v) is 10.2. The third-order valence-electron chi connectivity index (χ3n) is 6.18. The molecule has 1 aliphatic carbocycles. The van der Waals surface area contributed by atoms with E-state index in [1.807, 2.05) is 55.5 Å². The fourth-order valence-corrected chi connectivity index (χ4v) is 5.26. The number of benzene rings is 2. The smallest absolute Gasteiger partial charge is 0.337 e. The van der Waals surface area contributed by atoms with Gasteiger partial charge in [-0.2, -0.15) is 0 Å². The van der Waals surface area contributed by atoms with Gasteiger partial charge in [-0.05, 0) is 57.9 Å². The number of rotatable bonds is 5. The minimum Gasteiger partial charge on any atom is -0.496 e. The van der Waals surface area contributed by atoms with Crippen molar-refractivity contribution < 1.29 is 19.1 Å². The van der Waals surface area contributed by atoms with E-state index >= 15 is 0 Å². The minimum atomic E-state index is -0.504. The van der Waals surface area contributed by atoms with Crippen molar-refractivity contribution in [3.63, 3.8) is 0 Å². The van der Waals surface area contributed by atoms with Gasteiger partial charge in [-0.25, -0.2) is 4.79 Å². The van der Waals surface area contributed by atoms with Gasteiger partial charge in [-0.1, -0.05) is 50.2 Å². The van der Waals surface area contributed by atoms with Gasteiger partial charge in [0.1, 0.15) is 12.4 Å². The molecular weight excluding hydrogens is 482 g/mol. The van der Waals surface area contributed by atoms with Gasteiger partial charge >= 0.3 is 5.97 Å². The first kappa shape index (κ1) is 23.3. The fourth-order valence-electron chi connectivity index (χ4n) is 4.70. The van der Waals surface area contributed by atoms with Crippen LogP contribution in [-0.2, 0) is 20.9 Å². The summed E-state index contributed by atoms with van der Waals surface area (Å²) in [5, 5.41) is 3.37. The molecule has 2 aromatic carbocycles. The van der Waals surface area contributed by atoms with Crippen LogP contribution < -0.4 is 10.1 Å². The maximum absolute atomic E-state index is 13.4. The number of ketones is 1. The van der Waals surface area contributed by atoms with E-state index in [1.54, 1.807) is 7.11 Å². The number of dihydropyridines is 1. The average Bonchev–Trinajstić information content (AvgIpc) is 2.76. The second kappa shape index (κ2) is 9.18. The van der Waals surface area contributed by atoms with Crippen LogP contribution >= 0.6 is 15.9 Å². The molecule has 2 aliphatic rings. The lowest BCUT2D eigenvalue weighted by atomic mass is 9.68. The number of esters is 1.